The van der Waals surface area contributed by atoms with Gasteiger partial charge in [0.2, 0.25) is 0 Å². The molecule has 0 aromatic heterocycles. The molecule has 150 valence electrons. The quantitative estimate of drug-likeness (QED) is 0.381. The van der Waals surface area contributed by atoms with E-state index in [-0.39, 0.29) is 28.4 Å². The van der Waals surface area contributed by atoms with E-state index >= 15 is 0 Å². The Labute approximate surface area is 179 Å². The zero-order chi connectivity index (χ0) is 21.4. The van der Waals surface area contributed by atoms with E-state index < -0.39 is 0 Å². The van der Waals surface area contributed by atoms with E-state index in [9.17, 15) is 9.59 Å². The van der Waals surface area contributed by atoms with Crippen LogP contribution in [0.3, 0.4) is 0 Å². The fourth-order valence-electron chi connectivity index (χ4n) is 3.77. The molecule has 1 aliphatic rings. The summed E-state index contributed by atoms with van der Waals surface area (Å²) in [5.74, 6) is 0.798. The molecule has 4 aromatic carbocycles. The first-order valence-electron chi connectivity index (χ1n) is 9.83. The van der Waals surface area contributed by atoms with Gasteiger partial charge in [0.25, 0.3) is 0 Å². The van der Waals surface area contributed by atoms with Crippen LogP contribution in [0.1, 0.15) is 31.8 Å². The Bertz CT molecular complexity index is 1330. The van der Waals surface area contributed by atoms with Crippen molar-refractivity contribution in [1.29, 1.82) is 0 Å². The van der Waals surface area contributed by atoms with Gasteiger partial charge in [-0.3, -0.25) is 9.59 Å². The lowest BCUT2D eigenvalue weighted by Gasteiger charge is -2.22. The lowest BCUT2D eigenvalue weighted by molar-refractivity contribution is 0.0980. The van der Waals surface area contributed by atoms with Gasteiger partial charge in [0, 0.05) is 16.8 Å². The topological polar surface area (TPSA) is 81.4 Å². The molecule has 0 spiro atoms. The van der Waals surface area contributed by atoms with Crippen molar-refractivity contribution in [3.05, 3.63) is 113 Å². The van der Waals surface area contributed by atoms with Crippen molar-refractivity contribution in [2.75, 3.05) is 11.1 Å². The Kier molecular flexibility index (Phi) is 4.49. The van der Waals surface area contributed by atoms with Crippen LogP contribution in [-0.4, -0.2) is 11.6 Å². The Morgan fingerprint density at radius 3 is 1.97 bits per heavy atom. The van der Waals surface area contributed by atoms with Gasteiger partial charge in [0.15, 0.2) is 17.3 Å². The number of nitrogens with one attached hydrogen (secondary N) is 1. The first-order chi connectivity index (χ1) is 15.1. The fraction of sp³-hybridized carbons (Fsp3) is 0. The van der Waals surface area contributed by atoms with Crippen LogP contribution >= 0.6 is 0 Å². The van der Waals surface area contributed by atoms with Gasteiger partial charge >= 0.3 is 0 Å². The van der Waals surface area contributed by atoms with Crippen molar-refractivity contribution >= 4 is 28.6 Å². The van der Waals surface area contributed by atoms with Crippen LogP contribution in [0.4, 0.5) is 17.1 Å². The third kappa shape index (κ3) is 3.22. The minimum atomic E-state index is -0.250. The molecule has 5 heteroatoms. The van der Waals surface area contributed by atoms with Gasteiger partial charge in [-0.1, -0.05) is 54.6 Å². The summed E-state index contributed by atoms with van der Waals surface area (Å²) in [6, 6.07) is 27.0. The Hall–Kier alpha value is -4.38. The number of nitrogen functional groups attached to an aromatic ring is 1. The number of rotatable bonds is 4. The molecule has 0 bridgehead atoms. The van der Waals surface area contributed by atoms with Crippen molar-refractivity contribution in [2.24, 2.45) is 0 Å². The molecule has 0 unspecified atom stereocenters. The maximum atomic E-state index is 13.3. The fourth-order valence-corrected chi connectivity index (χ4v) is 3.77. The molecule has 5 nitrogen and oxygen atoms in total. The molecule has 0 saturated heterocycles. The highest BCUT2D eigenvalue weighted by Crippen LogP contribution is 2.38. The summed E-state index contributed by atoms with van der Waals surface area (Å²) in [7, 11) is 0. The number of benzene rings is 4. The second kappa shape index (κ2) is 7.46. The second-order valence-corrected chi connectivity index (χ2v) is 7.19. The predicted molar refractivity (Wildman–Crippen MR) is 120 cm³/mol. The third-order valence-corrected chi connectivity index (χ3v) is 5.24. The van der Waals surface area contributed by atoms with Gasteiger partial charge < -0.3 is 15.8 Å². The Morgan fingerprint density at radius 1 is 0.613 bits per heavy atom. The number of hydrogen-bond acceptors (Lipinski definition) is 5. The smallest absolute Gasteiger partial charge is 0.196 e. The number of nitrogens with two attached hydrogens (primary N) is 1. The van der Waals surface area contributed by atoms with Crippen LogP contribution in [0.25, 0.3) is 0 Å². The number of ether oxygens (including phenoxy) is 1. The lowest BCUT2D eigenvalue weighted by atomic mass is 9.82. The molecule has 31 heavy (non-hydrogen) atoms. The lowest BCUT2D eigenvalue weighted by Crippen LogP contribution is -2.23. The van der Waals surface area contributed by atoms with E-state index in [1.807, 2.05) is 54.6 Å². The van der Waals surface area contributed by atoms with E-state index in [0.717, 1.165) is 0 Å². The minimum absolute atomic E-state index is 0.232. The number of anilines is 3. The number of carbonyl (C=O) groups is 2. The average Bonchev–Trinajstić information content (AvgIpc) is 2.80. The van der Waals surface area contributed by atoms with Crippen LogP contribution in [-0.2, 0) is 0 Å². The summed E-state index contributed by atoms with van der Waals surface area (Å²) in [6.07, 6.45) is 0. The Morgan fingerprint density at radius 2 is 1.23 bits per heavy atom. The van der Waals surface area contributed by atoms with Gasteiger partial charge in [0.1, 0.15) is 5.75 Å². The van der Waals surface area contributed by atoms with Crippen LogP contribution in [0.2, 0.25) is 0 Å². The minimum Gasteiger partial charge on any atom is -0.455 e. The molecule has 3 N–H and O–H groups in total. The summed E-state index contributed by atoms with van der Waals surface area (Å²) in [5.41, 5.74) is 8.82. The molecule has 0 radical (unpaired) electrons. The summed E-state index contributed by atoms with van der Waals surface area (Å²) in [5, 5.41) is 3.28. The van der Waals surface area contributed by atoms with Gasteiger partial charge in [-0.05, 0) is 36.4 Å². The predicted octanol–water partition coefficient (Wildman–Crippen LogP) is 5.58. The van der Waals surface area contributed by atoms with Crippen LogP contribution < -0.4 is 15.8 Å². The van der Waals surface area contributed by atoms with E-state index in [1.54, 1.807) is 36.4 Å². The zero-order valence-electron chi connectivity index (χ0n) is 16.5. The van der Waals surface area contributed by atoms with Crippen molar-refractivity contribution in [2.45, 2.75) is 0 Å². The highest BCUT2D eigenvalue weighted by atomic mass is 16.5. The standard InChI is InChI=1S/C26H18N2O3/c27-19-14-15-21(24-23(19)25(29)17-10-4-5-11-18(17)26(24)30)28-20-12-6-7-13-22(20)31-16-8-2-1-3-9-16/h1-15,28H,27H2. The SMILES string of the molecule is Nc1ccc(Nc2ccccc2Oc2ccccc2)c2c1C(=O)c1ccccc1C2=O. The van der Waals surface area contributed by atoms with E-state index in [2.05, 4.69) is 5.32 Å². The van der Waals surface area contributed by atoms with Crippen LogP contribution in [0, 0.1) is 0 Å². The normalized spacial score (nSPS) is 12.1. The maximum absolute atomic E-state index is 13.3. The molecule has 0 atom stereocenters. The van der Waals surface area contributed by atoms with Crippen molar-refractivity contribution in [3.8, 4) is 11.5 Å². The van der Waals surface area contributed by atoms with Crippen molar-refractivity contribution in [3.63, 3.8) is 0 Å². The molecule has 5 rings (SSSR count). The van der Waals surface area contributed by atoms with Gasteiger partial charge in [-0.25, -0.2) is 0 Å². The largest absolute Gasteiger partial charge is 0.455 e. The maximum Gasteiger partial charge on any atom is 0.196 e. The molecule has 0 fully saturated rings. The van der Waals surface area contributed by atoms with E-state index in [4.69, 9.17) is 10.5 Å². The third-order valence-electron chi connectivity index (χ3n) is 5.24. The molecule has 0 saturated carbocycles. The van der Waals surface area contributed by atoms with Crippen molar-refractivity contribution in [1.82, 2.24) is 0 Å². The van der Waals surface area contributed by atoms with Crippen molar-refractivity contribution < 1.29 is 14.3 Å². The van der Waals surface area contributed by atoms with Gasteiger partial charge in [-0.15, -0.1) is 0 Å². The number of para-hydroxylation sites is 3. The molecule has 1 aliphatic carbocycles. The molecule has 4 aromatic rings. The van der Waals surface area contributed by atoms with E-state index in [1.165, 1.54) is 0 Å². The molecular formula is C26H18N2O3. The second-order valence-electron chi connectivity index (χ2n) is 7.19. The molecular weight excluding hydrogens is 388 g/mol. The summed E-state index contributed by atoms with van der Waals surface area (Å²) in [6.45, 7) is 0. The van der Waals surface area contributed by atoms with E-state index in [0.29, 0.717) is 34.0 Å². The Balaban J connectivity index is 1.59. The molecule has 0 aliphatic heterocycles. The number of hydrogen-bond donors (Lipinski definition) is 2. The highest BCUT2D eigenvalue weighted by Gasteiger charge is 2.33. The highest BCUT2D eigenvalue weighted by molar-refractivity contribution is 6.31. The van der Waals surface area contributed by atoms with Crippen LogP contribution in [0.5, 0.6) is 11.5 Å². The first-order valence-corrected chi connectivity index (χ1v) is 9.83. The zero-order valence-corrected chi connectivity index (χ0v) is 16.5. The first kappa shape index (κ1) is 18.6. The summed E-state index contributed by atoms with van der Waals surface area (Å²) < 4.78 is 6.01. The number of fused-ring (bicyclic) bond motifs is 2. The number of carbonyl (C=O) groups excluding carboxylic acids is 2. The monoisotopic (exact) mass is 406 g/mol. The summed E-state index contributed by atoms with van der Waals surface area (Å²) in [4.78, 5) is 26.4. The number of ketones is 2. The van der Waals surface area contributed by atoms with Crippen LogP contribution in [0.15, 0.2) is 91.0 Å². The van der Waals surface area contributed by atoms with Gasteiger partial charge in [0.05, 0.1) is 22.5 Å². The molecule has 0 heterocycles. The van der Waals surface area contributed by atoms with Gasteiger partial charge in [-0.2, -0.15) is 0 Å². The molecule has 0 amide bonds. The average molecular weight is 406 g/mol. The summed E-state index contributed by atoms with van der Waals surface area (Å²) >= 11 is 0.